The van der Waals surface area contributed by atoms with E-state index in [1.165, 1.54) is 5.56 Å². The summed E-state index contributed by atoms with van der Waals surface area (Å²) in [4.78, 5) is 10.6. The molecule has 17 heavy (non-hydrogen) atoms. The van der Waals surface area contributed by atoms with Crippen molar-refractivity contribution in [1.82, 2.24) is 5.32 Å². The quantitative estimate of drug-likeness (QED) is 0.691. The molecule has 0 aromatic heterocycles. The molecule has 0 aliphatic heterocycles. The Kier molecular flexibility index (Phi) is 5.49. The number of primary amides is 1. The molecule has 0 heterocycles. The van der Waals surface area contributed by atoms with Gasteiger partial charge in [-0.15, -0.1) is 0 Å². The summed E-state index contributed by atoms with van der Waals surface area (Å²) in [6.07, 6.45) is 1.83. The molecule has 0 aliphatic rings. The zero-order valence-electron chi connectivity index (χ0n) is 10.5. The summed E-state index contributed by atoms with van der Waals surface area (Å²) in [5.41, 5.74) is 7.49. The van der Waals surface area contributed by atoms with E-state index < -0.39 is 0 Å². The molecular weight excluding hydrogens is 216 g/mol. The molecule has 1 amide bonds. The van der Waals surface area contributed by atoms with Gasteiger partial charge in [-0.05, 0) is 36.6 Å². The Balaban J connectivity index is 2.58. The van der Waals surface area contributed by atoms with E-state index in [1.54, 1.807) is 7.11 Å². The third-order valence-electron chi connectivity index (χ3n) is 2.62. The summed E-state index contributed by atoms with van der Waals surface area (Å²) >= 11 is 0. The maximum Gasteiger partial charge on any atom is 0.231 e. The normalized spacial score (nSPS) is 10.2. The Morgan fingerprint density at radius 3 is 2.82 bits per heavy atom. The van der Waals surface area contributed by atoms with Crippen LogP contribution >= 0.6 is 0 Å². The summed E-state index contributed by atoms with van der Waals surface area (Å²) in [6, 6.07) is 6.20. The molecule has 1 rings (SSSR count). The number of carbonyl (C=O) groups excluding carboxylic acids is 1. The van der Waals surface area contributed by atoms with Crippen LogP contribution in [0.4, 0.5) is 0 Å². The maximum absolute atomic E-state index is 10.6. The lowest BCUT2D eigenvalue weighted by Gasteiger charge is -2.10. The Labute approximate surface area is 102 Å². The number of benzene rings is 1. The number of rotatable bonds is 7. The highest BCUT2D eigenvalue weighted by molar-refractivity contribution is 5.75. The molecule has 0 fully saturated rings. The summed E-state index contributed by atoms with van der Waals surface area (Å²) in [5.74, 6) is 0.558. The van der Waals surface area contributed by atoms with Gasteiger partial charge < -0.3 is 15.8 Å². The molecule has 4 nitrogen and oxygen atoms in total. The first kappa shape index (κ1) is 13.5. The smallest absolute Gasteiger partial charge is 0.231 e. The van der Waals surface area contributed by atoms with Gasteiger partial charge in [0.1, 0.15) is 5.75 Å². The molecule has 0 saturated heterocycles. The van der Waals surface area contributed by atoms with Gasteiger partial charge in [-0.2, -0.15) is 0 Å². The summed E-state index contributed by atoms with van der Waals surface area (Å²) < 4.78 is 5.30. The van der Waals surface area contributed by atoms with Gasteiger partial charge in [-0.1, -0.05) is 19.1 Å². The van der Waals surface area contributed by atoms with Gasteiger partial charge in [-0.3, -0.25) is 4.79 Å². The van der Waals surface area contributed by atoms with Crippen LogP contribution < -0.4 is 15.8 Å². The van der Waals surface area contributed by atoms with Crippen LogP contribution in [0, 0.1) is 0 Å². The Morgan fingerprint density at radius 2 is 2.24 bits per heavy atom. The lowest BCUT2D eigenvalue weighted by atomic mass is 10.1. The number of ether oxygens (including phenoxy) is 1. The van der Waals surface area contributed by atoms with E-state index in [1.807, 2.05) is 6.07 Å². The average molecular weight is 236 g/mol. The number of hydrogen-bond acceptors (Lipinski definition) is 3. The average Bonchev–Trinajstić information content (AvgIpc) is 2.34. The highest BCUT2D eigenvalue weighted by Gasteiger charge is 2.04. The Bertz CT molecular complexity index is 378. The number of nitrogens with one attached hydrogen (secondary N) is 1. The van der Waals surface area contributed by atoms with Crippen molar-refractivity contribution in [3.63, 3.8) is 0 Å². The number of carbonyl (C=O) groups is 1. The molecule has 0 spiro atoms. The van der Waals surface area contributed by atoms with Crippen LogP contribution in [0.3, 0.4) is 0 Å². The highest BCUT2D eigenvalue weighted by Crippen LogP contribution is 2.20. The molecule has 0 bridgehead atoms. The molecule has 3 N–H and O–H groups in total. The summed E-state index contributed by atoms with van der Waals surface area (Å²) in [6.45, 7) is 3.05. The molecule has 1 aromatic carbocycles. The van der Waals surface area contributed by atoms with Gasteiger partial charge in [0.05, 0.1) is 13.7 Å². The first-order valence-corrected chi connectivity index (χ1v) is 5.82. The number of aryl methyl sites for hydroxylation is 1. The first-order valence-electron chi connectivity index (χ1n) is 5.82. The van der Waals surface area contributed by atoms with Gasteiger partial charge in [-0.25, -0.2) is 0 Å². The van der Waals surface area contributed by atoms with Gasteiger partial charge in [0.15, 0.2) is 0 Å². The van der Waals surface area contributed by atoms with Gasteiger partial charge in [0.2, 0.25) is 5.91 Å². The number of hydrogen-bond donors (Lipinski definition) is 2. The number of methoxy groups -OCH3 is 1. The van der Waals surface area contributed by atoms with Crippen LogP contribution in [0.15, 0.2) is 18.2 Å². The predicted molar refractivity (Wildman–Crippen MR) is 68.1 cm³/mol. The van der Waals surface area contributed by atoms with Crippen LogP contribution in [0.1, 0.15) is 18.1 Å². The fourth-order valence-electron chi connectivity index (χ4n) is 1.68. The van der Waals surface area contributed by atoms with Crippen LogP contribution in [0.25, 0.3) is 0 Å². The zero-order valence-corrected chi connectivity index (χ0v) is 10.5. The van der Waals surface area contributed by atoms with Crippen molar-refractivity contribution in [2.45, 2.75) is 19.8 Å². The van der Waals surface area contributed by atoms with E-state index in [9.17, 15) is 4.79 Å². The van der Waals surface area contributed by atoms with E-state index in [2.05, 4.69) is 24.4 Å². The fraction of sp³-hybridized carbons (Fsp3) is 0.462. The molecule has 4 heteroatoms. The van der Waals surface area contributed by atoms with Crippen molar-refractivity contribution in [2.24, 2.45) is 5.73 Å². The molecular formula is C13H20N2O2. The van der Waals surface area contributed by atoms with Crippen LogP contribution in [0.2, 0.25) is 0 Å². The van der Waals surface area contributed by atoms with Gasteiger partial charge >= 0.3 is 0 Å². The Hall–Kier alpha value is -1.55. The monoisotopic (exact) mass is 236 g/mol. The molecule has 0 aliphatic carbocycles. The van der Waals surface area contributed by atoms with E-state index in [4.69, 9.17) is 10.5 Å². The highest BCUT2D eigenvalue weighted by atomic mass is 16.5. The van der Waals surface area contributed by atoms with Crippen LogP contribution in [-0.2, 0) is 17.6 Å². The molecule has 0 unspecified atom stereocenters. The first-order chi connectivity index (χ1) is 8.17. The number of amides is 1. The standard InChI is InChI=1S/C13H20N2O2/c1-3-10-4-5-12(17-2)11(8-10)6-7-15-9-13(14)16/h4-5,8,15H,3,6-7,9H2,1-2H3,(H2,14,16). The minimum atomic E-state index is -0.334. The topological polar surface area (TPSA) is 64.3 Å². The second kappa shape index (κ2) is 6.91. The number of nitrogens with two attached hydrogens (primary N) is 1. The lowest BCUT2D eigenvalue weighted by Crippen LogP contribution is -2.29. The predicted octanol–water partition coefficient (Wildman–Crippen LogP) is 0.875. The van der Waals surface area contributed by atoms with Crippen molar-refractivity contribution in [3.8, 4) is 5.75 Å². The molecule has 94 valence electrons. The molecule has 0 saturated carbocycles. The van der Waals surface area contributed by atoms with E-state index in [-0.39, 0.29) is 12.5 Å². The second-order valence-corrected chi connectivity index (χ2v) is 3.89. The van der Waals surface area contributed by atoms with E-state index in [0.29, 0.717) is 6.54 Å². The zero-order chi connectivity index (χ0) is 12.7. The third-order valence-corrected chi connectivity index (χ3v) is 2.62. The van der Waals surface area contributed by atoms with Crippen molar-refractivity contribution in [2.75, 3.05) is 20.2 Å². The van der Waals surface area contributed by atoms with Crippen molar-refractivity contribution in [3.05, 3.63) is 29.3 Å². The lowest BCUT2D eigenvalue weighted by molar-refractivity contribution is -0.117. The van der Waals surface area contributed by atoms with Crippen molar-refractivity contribution >= 4 is 5.91 Å². The second-order valence-electron chi connectivity index (χ2n) is 3.89. The van der Waals surface area contributed by atoms with Gasteiger partial charge in [0.25, 0.3) is 0 Å². The third kappa shape index (κ3) is 4.44. The van der Waals surface area contributed by atoms with E-state index in [0.717, 1.165) is 24.2 Å². The van der Waals surface area contributed by atoms with Crippen molar-refractivity contribution in [1.29, 1.82) is 0 Å². The summed E-state index contributed by atoms with van der Waals surface area (Å²) in [5, 5.41) is 2.99. The SMILES string of the molecule is CCc1ccc(OC)c(CCNCC(N)=O)c1. The molecule has 0 atom stereocenters. The Morgan fingerprint density at radius 1 is 1.47 bits per heavy atom. The van der Waals surface area contributed by atoms with Crippen LogP contribution in [-0.4, -0.2) is 26.1 Å². The maximum atomic E-state index is 10.6. The van der Waals surface area contributed by atoms with Crippen molar-refractivity contribution < 1.29 is 9.53 Å². The fourth-order valence-corrected chi connectivity index (χ4v) is 1.68. The minimum Gasteiger partial charge on any atom is -0.496 e. The summed E-state index contributed by atoms with van der Waals surface area (Å²) in [7, 11) is 1.67. The van der Waals surface area contributed by atoms with Crippen LogP contribution in [0.5, 0.6) is 5.75 Å². The van der Waals surface area contributed by atoms with Gasteiger partial charge in [0, 0.05) is 0 Å². The minimum absolute atomic E-state index is 0.218. The molecule has 0 radical (unpaired) electrons. The molecule has 1 aromatic rings. The van der Waals surface area contributed by atoms with E-state index >= 15 is 0 Å². The largest absolute Gasteiger partial charge is 0.496 e.